The molecule has 108 valence electrons. The van der Waals surface area contributed by atoms with Gasteiger partial charge in [-0.1, -0.05) is 0 Å². The van der Waals surface area contributed by atoms with E-state index in [9.17, 15) is 0 Å². The molecule has 1 aliphatic rings. The van der Waals surface area contributed by atoms with E-state index in [1.165, 1.54) is 11.5 Å². The van der Waals surface area contributed by atoms with Gasteiger partial charge in [-0.3, -0.25) is 0 Å². The first-order valence-corrected chi connectivity index (χ1v) is 8.99. The predicted molar refractivity (Wildman–Crippen MR) is 88.0 cm³/mol. The molecule has 2 nitrogen and oxygen atoms in total. The predicted octanol–water partition coefficient (Wildman–Crippen LogP) is 2.98. The molecule has 0 spiro atoms. The number of thioether (sulfide) groups is 2. The van der Waals surface area contributed by atoms with Crippen molar-refractivity contribution in [1.82, 2.24) is 10.6 Å². The Balaban J connectivity index is 2.17. The minimum absolute atomic E-state index is 0.246. The Morgan fingerprint density at radius 2 is 1.11 bits per heavy atom. The van der Waals surface area contributed by atoms with Gasteiger partial charge in [-0.2, -0.15) is 23.5 Å². The van der Waals surface area contributed by atoms with E-state index in [0.29, 0.717) is 0 Å². The first-order valence-electron chi connectivity index (χ1n) is 6.89. The van der Waals surface area contributed by atoms with Crippen LogP contribution in [0.25, 0.3) is 0 Å². The molecule has 0 aromatic rings. The fourth-order valence-electron chi connectivity index (χ4n) is 1.66. The third kappa shape index (κ3) is 7.93. The van der Waals surface area contributed by atoms with Crippen molar-refractivity contribution >= 4 is 23.5 Å². The lowest BCUT2D eigenvalue weighted by Gasteiger charge is -2.32. The van der Waals surface area contributed by atoms with Crippen LogP contribution in [0, 0.1) is 0 Å². The van der Waals surface area contributed by atoms with Gasteiger partial charge in [0, 0.05) is 46.2 Å². The fourth-order valence-corrected chi connectivity index (χ4v) is 4.51. The number of rotatable bonds is 4. The lowest BCUT2D eigenvalue weighted by molar-refractivity contribution is 0.425. The molecule has 0 amide bonds. The van der Waals surface area contributed by atoms with Crippen molar-refractivity contribution in [3.05, 3.63) is 0 Å². The van der Waals surface area contributed by atoms with E-state index in [1.807, 2.05) is 0 Å². The average molecular weight is 291 g/mol. The summed E-state index contributed by atoms with van der Waals surface area (Å²) in [4.78, 5) is 0. The van der Waals surface area contributed by atoms with E-state index in [2.05, 4.69) is 75.7 Å². The van der Waals surface area contributed by atoms with Crippen molar-refractivity contribution in [2.75, 3.05) is 24.6 Å². The quantitative estimate of drug-likeness (QED) is 0.831. The Labute approximate surface area is 122 Å². The van der Waals surface area contributed by atoms with Crippen molar-refractivity contribution in [3.8, 4) is 0 Å². The van der Waals surface area contributed by atoms with Gasteiger partial charge in [-0.05, 0) is 41.5 Å². The van der Waals surface area contributed by atoms with E-state index in [0.717, 1.165) is 23.6 Å². The second kappa shape index (κ2) is 6.87. The number of hydrogen-bond acceptors (Lipinski definition) is 4. The van der Waals surface area contributed by atoms with Gasteiger partial charge < -0.3 is 10.6 Å². The maximum absolute atomic E-state index is 3.61. The lowest BCUT2D eigenvalue weighted by Crippen LogP contribution is -2.44. The second-order valence-electron chi connectivity index (χ2n) is 7.17. The van der Waals surface area contributed by atoms with Crippen LogP contribution >= 0.6 is 23.5 Å². The van der Waals surface area contributed by atoms with E-state index in [-0.39, 0.29) is 11.1 Å². The Hall–Kier alpha value is 0.620. The smallest absolute Gasteiger partial charge is 0.0263 e. The van der Waals surface area contributed by atoms with Crippen molar-refractivity contribution < 1.29 is 0 Å². The molecule has 1 rings (SSSR count). The standard InChI is InChI=1S/C14H30N2S2/c1-13(2,3)15-7-11-9-18-12(10-17-11)8-16-14(4,5)6/h11-12,15-16H,7-10H2,1-6H3. The normalized spacial score (nSPS) is 26.3. The molecule has 1 fully saturated rings. The molecule has 0 saturated carbocycles. The van der Waals surface area contributed by atoms with Crippen molar-refractivity contribution in [3.63, 3.8) is 0 Å². The van der Waals surface area contributed by atoms with Crippen LogP contribution in [0.15, 0.2) is 0 Å². The molecule has 0 bridgehead atoms. The third-order valence-corrected chi connectivity index (χ3v) is 5.98. The molecule has 18 heavy (non-hydrogen) atoms. The largest absolute Gasteiger partial charge is 0.311 e. The first-order chi connectivity index (χ1) is 8.16. The van der Waals surface area contributed by atoms with Gasteiger partial charge in [0.2, 0.25) is 0 Å². The maximum Gasteiger partial charge on any atom is 0.0263 e. The van der Waals surface area contributed by atoms with E-state index in [1.54, 1.807) is 0 Å². The zero-order valence-electron chi connectivity index (χ0n) is 12.8. The lowest BCUT2D eigenvalue weighted by atomic mass is 10.1. The average Bonchev–Trinajstić information content (AvgIpc) is 2.23. The molecule has 1 aliphatic heterocycles. The molecular formula is C14H30N2S2. The van der Waals surface area contributed by atoms with Crippen LogP contribution in [0.2, 0.25) is 0 Å². The number of nitrogens with one attached hydrogen (secondary N) is 2. The second-order valence-corrected chi connectivity index (χ2v) is 9.84. The summed E-state index contributed by atoms with van der Waals surface area (Å²) in [6.45, 7) is 15.7. The zero-order valence-corrected chi connectivity index (χ0v) is 14.4. The van der Waals surface area contributed by atoms with Crippen LogP contribution in [-0.2, 0) is 0 Å². The molecule has 0 aromatic carbocycles. The summed E-state index contributed by atoms with van der Waals surface area (Å²) in [5.41, 5.74) is 0.492. The van der Waals surface area contributed by atoms with Gasteiger partial charge in [0.05, 0.1) is 0 Å². The fraction of sp³-hybridized carbons (Fsp3) is 1.00. The maximum atomic E-state index is 3.61. The van der Waals surface area contributed by atoms with Crippen molar-refractivity contribution in [2.24, 2.45) is 0 Å². The monoisotopic (exact) mass is 290 g/mol. The Bertz CT molecular complexity index is 209. The van der Waals surface area contributed by atoms with Crippen molar-refractivity contribution in [1.29, 1.82) is 0 Å². The highest BCUT2D eigenvalue weighted by Crippen LogP contribution is 2.29. The van der Waals surface area contributed by atoms with Crippen LogP contribution in [-0.4, -0.2) is 46.2 Å². The van der Waals surface area contributed by atoms with E-state index < -0.39 is 0 Å². The van der Waals surface area contributed by atoms with Crippen molar-refractivity contribution in [2.45, 2.75) is 63.1 Å². The Kier molecular flexibility index (Phi) is 6.36. The highest BCUT2D eigenvalue weighted by atomic mass is 32.2. The molecule has 2 N–H and O–H groups in total. The summed E-state index contributed by atoms with van der Waals surface area (Å²) >= 11 is 4.28. The Morgan fingerprint density at radius 1 is 0.778 bits per heavy atom. The molecule has 2 unspecified atom stereocenters. The topological polar surface area (TPSA) is 24.1 Å². The highest BCUT2D eigenvalue weighted by molar-refractivity contribution is 8.07. The molecule has 4 heteroatoms. The molecular weight excluding hydrogens is 260 g/mol. The van der Waals surface area contributed by atoms with E-state index >= 15 is 0 Å². The SMILES string of the molecule is CC(C)(C)NCC1CSC(CNC(C)(C)C)CS1. The van der Waals surface area contributed by atoms with Crippen LogP contribution in [0.4, 0.5) is 0 Å². The third-order valence-electron chi connectivity index (χ3n) is 2.76. The molecule has 0 aliphatic carbocycles. The zero-order chi connectivity index (χ0) is 13.8. The van der Waals surface area contributed by atoms with Crippen LogP contribution in [0.3, 0.4) is 0 Å². The van der Waals surface area contributed by atoms with Gasteiger partial charge in [0.25, 0.3) is 0 Å². The summed E-state index contributed by atoms with van der Waals surface area (Å²) in [5.74, 6) is 2.56. The summed E-state index contributed by atoms with van der Waals surface area (Å²) < 4.78 is 0. The van der Waals surface area contributed by atoms with Gasteiger partial charge in [0.1, 0.15) is 0 Å². The minimum Gasteiger partial charge on any atom is -0.311 e. The van der Waals surface area contributed by atoms with Gasteiger partial charge >= 0.3 is 0 Å². The van der Waals surface area contributed by atoms with Gasteiger partial charge in [-0.15, -0.1) is 0 Å². The molecule has 0 radical (unpaired) electrons. The van der Waals surface area contributed by atoms with Crippen LogP contribution < -0.4 is 10.6 Å². The summed E-state index contributed by atoms with van der Waals surface area (Å²) in [5, 5.41) is 8.78. The highest BCUT2D eigenvalue weighted by Gasteiger charge is 2.24. The van der Waals surface area contributed by atoms with Gasteiger partial charge in [0.15, 0.2) is 0 Å². The van der Waals surface area contributed by atoms with E-state index in [4.69, 9.17) is 0 Å². The summed E-state index contributed by atoms with van der Waals surface area (Å²) in [6.07, 6.45) is 0. The first kappa shape index (κ1) is 16.7. The van der Waals surface area contributed by atoms with Crippen LogP contribution in [0.1, 0.15) is 41.5 Å². The number of hydrogen-bond donors (Lipinski definition) is 2. The Morgan fingerprint density at radius 3 is 1.33 bits per heavy atom. The van der Waals surface area contributed by atoms with Gasteiger partial charge in [-0.25, -0.2) is 0 Å². The summed E-state index contributed by atoms with van der Waals surface area (Å²) in [7, 11) is 0. The molecule has 2 atom stereocenters. The molecule has 0 aromatic heterocycles. The van der Waals surface area contributed by atoms with Crippen LogP contribution in [0.5, 0.6) is 0 Å². The molecule has 1 heterocycles. The minimum atomic E-state index is 0.246. The summed E-state index contributed by atoms with van der Waals surface area (Å²) in [6, 6.07) is 0. The molecule has 1 saturated heterocycles.